The summed E-state index contributed by atoms with van der Waals surface area (Å²) >= 11 is 0. The molecule has 0 N–H and O–H groups in total. The molecule has 3 heterocycles. The van der Waals surface area contributed by atoms with Gasteiger partial charge in [0.05, 0.1) is 12.2 Å². The molecule has 0 atom stereocenters. The Labute approximate surface area is 162 Å². The summed E-state index contributed by atoms with van der Waals surface area (Å²) < 4.78 is 11.7. The topological polar surface area (TPSA) is 42.0 Å². The fourth-order valence-electron chi connectivity index (χ4n) is 4.65. The van der Waals surface area contributed by atoms with Crippen LogP contribution < -0.4 is 0 Å². The van der Waals surface area contributed by atoms with E-state index >= 15 is 0 Å². The highest BCUT2D eigenvalue weighted by Crippen LogP contribution is 2.31. The van der Waals surface area contributed by atoms with Gasteiger partial charge in [-0.25, -0.2) is 0 Å². The Hall–Kier alpha value is -1.43. The molecule has 0 aliphatic carbocycles. The lowest BCUT2D eigenvalue weighted by molar-refractivity contribution is -0.164. The van der Waals surface area contributed by atoms with Gasteiger partial charge in [0, 0.05) is 51.9 Å². The Balaban J connectivity index is 1.27. The average Bonchev–Trinajstić information content (AvgIpc) is 2.74. The van der Waals surface area contributed by atoms with Gasteiger partial charge in [-0.1, -0.05) is 30.3 Å². The number of benzene rings is 1. The predicted octanol–water partition coefficient (Wildman–Crippen LogP) is 2.35. The maximum absolute atomic E-state index is 12.9. The Morgan fingerprint density at radius 2 is 1.78 bits per heavy atom. The van der Waals surface area contributed by atoms with E-state index in [1.807, 2.05) is 0 Å². The monoisotopic (exact) mass is 372 g/mol. The fourth-order valence-corrected chi connectivity index (χ4v) is 4.65. The van der Waals surface area contributed by atoms with Gasteiger partial charge in [0.2, 0.25) is 5.91 Å². The van der Waals surface area contributed by atoms with E-state index in [2.05, 4.69) is 40.1 Å². The SMILES string of the molecule is O=C(C1CCOCC1)N1CCOC2(CCN(CCc3ccccc3)CC2)C1. The van der Waals surface area contributed by atoms with Crippen LogP contribution in [-0.4, -0.2) is 73.9 Å². The molecule has 27 heavy (non-hydrogen) atoms. The molecule has 3 aliphatic heterocycles. The number of carbonyl (C=O) groups excluding carboxylic acids is 1. The minimum Gasteiger partial charge on any atom is -0.381 e. The van der Waals surface area contributed by atoms with Crippen LogP contribution in [0, 0.1) is 5.92 Å². The van der Waals surface area contributed by atoms with Crippen molar-refractivity contribution in [2.75, 3.05) is 52.5 Å². The molecule has 1 aromatic carbocycles. The minimum atomic E-state index is -0.123. The van der Waals surface area contributed by atoms with Gasteiger partial charge in [-0.2, -0.15) is 0 Å². The molecular formula is C22H32N2O3. The first-order chi connectivity index (χ1) is 13.2. The summed E-state index contributed by atoms with van der Waals surface area (Å²) in [4.78, 5) is 17.5. The number of nitrogens with zero attached hydrogens (tertiary/aromatic N) is 2. The van der Waals surface area contributed by atoms with E-state index in [0.717, 1.165) is 78.0 Å². The van der Waals surface area contributed by atoms with E-state index in [1.54, 1.807) is 0 Å². The second kappa shape index (κ2) is 8.72. The molecule has 0 saturated carbocycles. The third-order valence-corrected chi connectivity index (χ3v) is 6.46. The number of ether oxygens (including phenoxy) is 2. The average molecular weight is 373 g/mol. The summed E-state index contributed by atoms with van der Waals surface area (Å²) in [5, 5.41) is 0. The molecule has 3 fully saturated rings. The Morgan fingerprint density at radius 1 is 1.04 bits per heavy atom. The van der Waals surface area contributed by atoms with Gasteiger partial charge in [0.25, 0.3) is 0 Å². The van der Waals surface area contributed by atoms with Crippen molar-refractivity contribution in [3.8, 4) is 0 Å². The summed E-state index contributed by atoms with van der Waals surface area (Å²) in [6.07, 6.45) is 4.90. The summed E-state index contributed by atoms with van der Waals surface area (Å²) in [5.41, 5.74) is 1.28. The van der Waals surface area contributed by atoms with Crippen molar-refractivity contribution in [2.24, 2.45) is 5.92 Å². The quantitative estimate of drug-likeness (QED) is 0.814. The minimum absolute atomic E-state index is 0.123. The lowest BCUT2D eigenvalue weighted by Gasteiger charge is -2.48. The van der Waals surface area contributed by atoms with Crippen LogP contribution >= 0.6 is 0 Å². The number of likely N-dealkylation sites (tertiary alicyclic amines) is 1. The second-order valence-corrected chi connectivity index (χ2v) is 8.26. The zero-order valence-corrected chi connectivity index (χ0v) is 16.3. The summed E-state index contributed by atoms with van der Waals surface area (Å²) in [5.74, 6) is 0.479. The molecule has 0 bridgehead atoms. The largest absolute Gasteiger partial charge is 0.381 e. The first kappa shape index (κ1) is 18.9. The highest BCUT2D eigenvalue weighted by atomic mass is 16.5. The normalized spacial score (nSPS) is 24.2. The van der Waals surface area contributed by atoms with Crippen molar-refractivity contribution >= 4 is 5.91 Å². The van der Waals surface area contributed by atoms with E-state index in [-0.39, 0.29) is 11.5 Å². The van der Waals surface area contributed by atoms with Gasteiger partial charge in [-0.3, -0.25) is 4.79 Å². The maximum Gasteiger partial charge on any atom is 0.226 e. The van der Waals surface area contributed by atoms with Crippen LogP contribution in [0.25, 0.3) is 0 Å². The fraction of sp³-hybridized carbons (Fsp3) is 0.682. The van der Waals surface area contributed by atoms with Crippen molar-refractivity contribution in [1.82, 2.24) is 9.80 Å². The summed E-state index contributed by atoms with van der Waals surface area (Å²) in [7, 11) is 0. The molecule has 3 aliphatic rings. The molecule has 0 aromatic heterocycles. The van der Waals surface area contributed by atoms with Crippen LogP contribution in [0.5, 0.6) is 0 Å². The molecule has 1 amide bonds. The molecule has 1 aromatic rings. The third-order valence-electron chi connectivity index (χ3n) is 6.46. The van der Waals surface area contributed by atoms with Crippen molar-refractivity contribution in [3.05, 3.63) is 35.9 Å². The molecule has 1 spiro atoms. The molecule has 3 saturated heterocycles. The summed E-state index contributed by atoms with van der Waals surface area (Å²) in [6, 6.07) is 10.7. The van der Waals surface area contributed by atoms with Gasteiger partial charge in [-0.05, 0) is 37.7 Å². The van der Waals surface area contributed by atoms with Gasteiger partial charge in [0.1, 0.15) is 0 Å². The number of morpholine rings is 1. The van der Waals surface area contributed by atoms with E-state index in [1.165, 1.54) is 5.56 Å². The number of rotatable bonds is 4. The zero-order chi connectivity index (χ0) is 18.5. The van der Waals surface area contributed by atoms with Gasteiger partial charge in [0.15, 0.2) is 0 Å². The van der Waals surface area contributed by atoms with Gasteiger partial charge < -0.3 is 19.3 Å². The summed E-state index contributed by atoms with van der Waals surface area (Å²) in [6.45, 7) is 6.87. The molecule has 5 nitrogen and oxygen atoms in total. The van der Waals surface area contributed by atoms with Crippen LogP contribution in [0.1, 0.15) is 31.2 Å². The molecule has 4 rings (SSSR count). The highest BCUT2D eigenvalue weighted by Gasteiger charge is 2.42. The van der Waals surface area contributed by atoms with Crippen LogP contribution in [0.3, 0.4) is 0 Å². The van der Waals surface area contributed by atoms with Crippen molar-refractivity contribution in [3.63, 3.8) is 0 Å². The first-order valence-corrected chi connectivity index (χ1v) is 10.5. The van der Waals surface area contributed by atoms with Crippen molar-refractivity contribution < 1.29 is 14.3 Å². The van der Waals surface area contributed by atoms with Gasteiger partial charge >= 0.3 is 0 Å². The van der Waals surface area contributed by atoms with E-state index in [4.69, 9.17) is 9.47 Å². The molecule has 5 heteroatoms. The molecule has 0 radical (unpaired) electrons. The van der Waals surface area contributed by atoms with Crippen LogP contribution in [0.4, 0.5) is 0 Å². The molecule has 0 unspecified atom stereocenters. The van der Waals surface area contributed by atoms with Crippen LogP contribution in [0.15, 0.2) is 30.3 Å². The first-order valence-electron chi connectivity index (χ1n) is 10.5. The smallest absolute Gasteiger partial charge is 0.226 e. The van der Waals surface area contributed by atoms with Gasteiger partial charge in [-0.15, -0.1) is 0 Å². The highest BCUT2D eigenvalue weighted by molar-refractivity contribution is 5.79. The van der Waals surface area contributed by atoms with Crippen molar-refractivity contribution in [2.45, 2.75) is 37.7 Å². The maximum atomic E-state index is 12.9. The number of carbonyl (C=O) groups is 1. The van der Waals surface area contributed by atoms with E-state index < -0.39 is 0 Å². The Morgan fingerprint density at radius 3 is 2.52 bits per heavy atom. The van der Waals surface area contributed by atoms with Crippen LogP contribution in [-0.2, 0) is 20.7 Å². The number of hydrogen-bond donors (Lipinski definition) is 0. The Bertz CT molecular complexity index is 607. The number of amides is 1. The predicted molar refractivity (Wildman–Crippen MR) is 105 cm³/mol. The number of hydrogen-bond acceptors (Lipinski definition) is 4. The zero-order valence-electron chi connectivity index (χ0n) is 16.3. The third kappa shape index (κ3) is 4.71. The van der Waals surface area contributed by atoms with Crippen molar-refractivity contribution in [1.29, 1.82) is 0 Å². The lowest BCUT2D eigenvalue weighted by atomic mass is 9.88. The molecular weight excluding hydrogens is 340 g/mol. The van der Waals surface area contributed by atoms with E-state index in [0.29, 0.717) is 12.5 Å². The molecule has 148 valence electrons. The Kier molecular flexibility index (Phi) is 6.11. The second-order valence-electron chi connectivity index (χ2n) is 8.26. The standard InChI is InChI=1S/C22H32N2O3/c25-21(20-7-15-26-16-8-20)24-14-17-27-22(18-24)9-12-23(13-10-22)11-6-19-4-2-1-3-5-19/h1-5,20H,6-18H2. The lowest BCUT2D eigenvalue weighted by Crippen LogP contribution is -2.59. The number of piperidine rings is 1. The van der Waals surface area contributed by atoms with E-state index in [9.17, 15) is 4.79 Å². The van der Waals surface area contributed by atoms with Crippen LogP contribution in [0.2, 0.25) is 0 Å².